The third-order valence-electron chi connectivity index (χ3n) is 3.72. The Kier molecular flexibility index (Phi) is 5.35. The van der Waals surface area contributed by atoms with Crippen molar-refractivity contribution in [1.29, 1.82) is 0 Å². The van der Waals surface area contributed by atoms with Gasteiger partial charge < -0.3 is 15.0 Å². The Hall–Kier alpha value is -1.62. The van der Waals surface area contributed by atoms with Crippen LogP contribution in [-0.4, -0.2) is 48.6 Å². The van der Waals surface area contributed by atoms with E-state index in [1.807, 2.05) is 11.8 Å². The molecule has 1 aliphatic heterocycles. The summed E-state index contributed by atoms with van der Waals surface area (Å²) < 4.78 is 5.18. The van der Waals surface area contributed by atoms with Crippen LogP contribution in [0.3, 0.4) is 0 Å². The first kappa shape index (κ1) is 14.8. The molecule has 1 aliphatic rings. The summed E-state index contributed by atoms with van der Waals surface area (Å²) in [5, 5.41) is 3.48. The van der Waals surface area contributed by atoms with Crippen molar-refractivity contribution in [2.75, 3.05) is 26.7 Å². The molecule has 1 fully saturated rings. The number of methoxy groups -OCH3 is 1. The SMILES string of the molecule is CCN(CC1CCCCN1)C(=O)c1cccnc1OC. The van der Waals surface area contributed by atoms with Gasteiger partial charge in [0.1, 0.15) is 5.56 Å². The number of amides is 1. The lowest BCUT2D eigenvalue weighted by Crippen LogP contribution is -2.45. The molecule has 110 valence electrons. The summed E-state index contributed by atoms with van der Waals surface area (Å²) in [4.78, 5) is 18.6. The molecule has 0 aromatic carbocycles. The normalized spacial score (nSPS) is 18.6. The van der Waals surface area contributed by atoms with E-state index in [0.717, 1.165) is 19.5 Å². The Balaban J connectivity index is 2.07. The highest BCUT2D eigenvalue weighted by Gasteiger charge is 2.22. The minimum Gasteiger partial charge on any atom is -0.480 e. The highest BCUT2D eigenvalue weighted by atomic mass is 16.5. The van der Waals surface area contributed by atoms with E-state index in [4.69, 9.17) is 4.74 Å². The second-order valence-corrected chi connectivity index (χ2v) is 5.05. The predicted molar refractivity (Wildman–Crippen MR) is 78.0 cm³/mol. The van der Waals surface area contributed by atoms with Gasteiger partial charge in [0, 0.05) is 25.3 Å². The van der Waals surface area contributed by atoms with Gasteiger partial charge in [-0.3, -0.25) is 4.79 Å². The van der Waals surface area contributed by atoms with Gasteiger partial charge >= 0.3 is 0 Å². The molecular formula is C15H23N3O2. The Labute approximate surface area is 120 Å². The molecule has 0 aliphatic carbocycles. The van der Waals surface area contributed by atoms with Gasteiger partial charge in [-0.1, -0.05) is 6.42 Å². The highest BCUT2D eigenvalue weighted by Crippen LogP contribution is 2.17. The number of piperidine rings is 1. The molecule has 1 amide bonds. The number of likely N-dealkylation sites (N-methyl/N-ethyl adjacent to an activating group) is 1. The van der Waals surface area contributed by atoms with E-state index < -0.39 is 0 Å². The van der Waals surface area contributed by atoms with Gasteiger partial charge in [-0.2, -0.15) is 0 Å². The van der Waals surface area contributed by atoms with Gasteiger partial charge in [0.05, 0.1) is 7.11 Å². The van der Waals surface area contributed by atoms with Crippen molar-refractivity contribution >= 4 is 5.91 Å². The zero-order chi connectivity index (χ0) is 14.4. The van der Waals surface area contributed by atoms with E-state index in [-0.39, 0.29) is 5.91 Å². The topological polar surface area (TPSA) is 54.5 Å². The number of aromatic nitrogens is 1. The number of carbonyl (C=O) groups excluding carboxylic acids is 1. The van der Waals surface area contributed by atoms with Gasteiger partial charge in [-0.15, -0.1) is 0 Å². The molecular weight excluding hydrogens is 254 g/mol. The smallest absolute Gasteiger partial charge is 0.259 e. The van der Waals surface area contributed by atoms with Gasteiger partial charge in [-0.25, -0.2) is 4.98 Å². The quantitative estimate of drug-likeness (QED) is 0.890. The molecule has 1 saturated heterocycles. The summed E-state index contributed by atoms with van der Waals surface area (Å²) in [5.74, 6) is 0.386. The van der Waals surface area contributed by atoms with Crippen LogP contribution in [0.2, 0.25) is 0 Å². The lowest BCUT2D eigenvalue weighted by Gasteiger charge is -2.30. The maximum absolute atomic E-state index is 12.6. The zero-order valence-electron chi connectivity index (χ0n) is 12.3. The number of hydrogen-bond acceptors (Lipinski definition) is 4. The Morgan fingerprint density at radius 2 is 2.40 bits per heavy atom. The van der Waals surface area contributed by atoms with E-state index in [0.29, 0.717) is 24.0 Å². The van der Waals surface area contributed by atoms with Gasteiger partial charge in [-0.05, 0) is 38.4 Å². The van der Waals surface area contributed by atoms with E-state index in [1.165, 1.54) is 20.0 Å². The van der Waals surface area contributed by atoms with Crippen LogP contribution in [0.15, 0.2) is 18.3 Å². The van der Waals surface area contributed by atoms with Crippen molar-refractivity contribution in [2.45, 2.75) is 32.2 Å². The minimum atomic E-state index is -0.00942. The largest absolute Gasteiger partial charge is 0.480 e. The molecule has 1 N–H and O–H groups in total. The second kappa shape index (κ2) is 7.24. The van der Waals surface area contributed by atoms with Crippen LogP contribution in [0.1, 0.15) is 36.5 Å². The summed E-state index contributed by atoms with van der Waals surface area (Å²) in [5.41, 5.74) is 0.535. The number of rotatable bonds is 5. The number of carbonyl (C=O) groups is 1. The average molecular weight is 277 g/mol. The van der Waals surface area contributed by atoms with Crippen molar-refractivity contribution in [1.82, 2.24) is 15.2 Å². The fourth-order valence-electron chi connectivity index (χ4n) is 2.59. The van der Waals surface area contributed by atoms with Crippen LogP contribution < -0.4 is 10.1 Å². The van der Waals surface area contributed by atoms with Crippen LogP contribution in [0.5, 0.6) is 5.88 Å². The second-order valence-electron chi connectivity index (χ2n) is 5.05. The van der Waals surface area contributed by atoms with Crippen LogP contribution in [0.25, 0.3) is 0 Å². The zero-order valence-corrected chi connectivity index (χ0v) is 12.3. The number of nitrogens with one attached hydrogen (secondary N) is 1. The van der Waals surface area contributed by atoms with Gasteiger partial charge in [0.2, 0.25) is 5.88 Å². The number of nitrogens with zero attached hydrogens (tertiary/aromatic N) is 2. The molecule has 1 aromatic heterocycles. The van der Waals surface area contributed by atoms with E-state index in [1.54, 1.807) is 18.3 Å². The van der Waals surface area contributed by atoms with Crippen molar-refractivity contribution < 1.29 is 9.53 Å². The first-order valence-corrected chi connectivity index (χ1v) is 7.28. The van der Waals surface area contributed by atoms with Gasteiger partial charge in [0.15, 0.2) is 0 Å². The summed E-state index contributed by atoms with van der Waals surface area (Å²) >= 11 is 0. The molecule has 5 nitrogen and oxygen atoms in total. The predicted octanol–water partition coefficient (Wildman–Crippen LogP) is 1.69. The number of hydrogen-bond donors (Lipinski definition) is 1. The summed E-state index contributed by atoms with van der Waals surface area (Å²) in [6.07, 6.45) is 5.23. The van der Waals surface area contributed by atoms with Crippen LogP contribution in [0.4, 0.5) is 0 Å². The highest BCUT2D eigenvalue weighted by molar-refractivity contribution is 5.96. The van der Waals surface area contributed by atoms with Crippen molar-refractivity contribution in [2.24, 2.45) is 0 Å². The first-order chi connectivity index (χ1) is 9.76. The Morgan fingerprint density at radius 1 is 1.55 bits per heavy atom. The third kappa shape index (κ3) is 3.48. The lowest BCUT2D eigenvalue weighted by atomic mass is 10.0. The van der Waals surface area contributed by atoms with Gasteiger partial charge in [0.25, 0.3) is 5.91 Å². The molecule has 1 unspecified atom stereocenters. The molecule has 0 spiro atoms. The molecule has 2 rings (SSSR count). The van der Waals surface area contributed by atoms with Crippen LogP contribution >= 0.6 is 0 Å². The van der Waals surface area contributed by atoms with E-state index in [9.17, 15) is 4.79 Å². The van der Waals surface area contributed by atoms with E-state index in [2.05, 4.69) is 10.3 Å². The average Bonchev–Trinajstić information content (AvgIpc) is 2.53. The monoisotopic (exact) mass is 277 g/mol. The Morgan fingerprint density at radius 3 is 3.05 bits per heavy atom. The van der Waals surface area contributed by atoms with Crippen molar-refractivity contribution in [3.05, 3.63) is 23.9 Å². The van der Waals surface area contributed by atoms with E-state index >= 15 is 0 Å². The maximum Gasteiger partial charge on any atom is 0.259 e. The molecule has 20 heavy (non-hydrogen) atoms. The molecule has 2 heterocycles. The van der Waals surface area contributed by atoms with Crippen LogP contribution in [0, 0.1) is 0 Å². The molecule has 1 atom stereocenters. The molecule has 0 radical (unpaired) electrons. The molecule has 0 saturated carbocycles. The molecule has 5 heteroatoms. The summed E-state index contributed by atoms with van der Waals surface area (Å²) in [6.45, 7) is 4.48. The van der Waals surface area contributed by atoms with Crippen molar-refractivity contribution in [3.63, 3.8) is 0 Å². The Bertz CT molecular complexity index is 444. The van der Waals surface area contributed by atoms with Crippen molar-refractivity contribution in [3.8, 4) is 5.88 Å². The third-order valence-corrected chi connectivity index (χ3v) is 3.72. The lowest BCUT2D eigenvalue weighted by molar-refractivity contribution is 0.0737. The minimum absolute atomic E-state index is 0.00942. The maximum atomic E-state index is 12.6. The first-order valence-electron chi connectivity index (χ1n) is 7.28. The fraction of sp³-hybridized carbons (Fsp3) is 0.600. The summed E-state index contributed by atoms with van der Waals surface area (Å²) in [7, 11) is 1.54. The fourth-order valence-corrected chi connectivity index (χ4v) is 2.59. The number of pyridine rings is 1. The standard InChI is InChI=1S/C15H23N3O2/c1-3-18(11-12-7-4-5-9-16-12)15(19)13-8-6-10-17-14(13)20-2/h6,8,10,12,16H,3-5,7,9,11H2,1-2H3. The molecule has 1 aromatic rings. The molecule has 0 bridgehead atoms. The number of ether oxygens (including phenoxy) is 1. The van der Waals surface area contributed by atoms with Crippen LogP contribution in [-0.2, 0) is 0 Å². The summed E-state index contributed by atoms with van der Waals surface area (Å²) in [6, 6.07) is 3.93.